The van der Waals surface area contributed by atoms with Crippen molar-refractivity contribution in [2.45, 2.75) is 20.3 Å². The number of nitro benzene ring substituents is 1. The fourth-order valence-electron chi connectivity index (χ4n) is 2.03. The number of nitrogens with one attached hydrogen (secondary N) is 1. The third-order valence-corrected chi connectivity index (χ3v) is 3.91. The van der Waals surface area contributed by atoms with Crippen LogP contribution in [0.25, 0.3) is 10.2 Å². The predicted octanol–water partition coefficient (Wildman–Crippen LogP) is 3.04. The largest absolute Gasteiger partial charge is 0.481 e. The molecule has 1 atom stereocenters. The van der Waals surface area contributed by atoms with Gasteiger partial charge in [-0.3, -0.25) is 14.9 Å². The number of aromatic nitrogens is 1. The number of rotatable bonds is 6. The number of fused-ring (bicyclic) bond motifs is 1. The van der Waals surface area contributed by atoms with Gasteiger partial charge in [-0.15, -0.1) is 11.3 Å². The first-order valence-electron chi connectivity index (χ1n) is 6.38. The SMILES string of the molecule is Cc1nc2cc(NCC(C)CC(=O)O)c([N+](=O)[O-])cc2s1. The van der Waals surface area contributed by atoms with Crippen LogP contribution in [0, 0.1) is 23.0 Å². The summed E-state index contributed by atoms with van der Waals surface area (Å²) in [6.07, 6.45) is 0.0127. The zero-order valence-corrected chi connectivity index (χ0v) is 12.4. The van der Waals surface area contributed by atoms with Crippen molar-refractivity contribution in [3.8, 4) is 0 Å². The Morgan fingerprint density at radius 2 is 2.29 bits per heavy atom. The van der Waals surface area contributed by atoms with E-state index in [9.17, 15) is 14.9 Å². The van der Waals surface area contributed by atoms with Gasteiger partial charge in [0.15, 0.2) is 0 Å². The molecule has 1 aromatic carbocycles. The smallest absolute Gasteiger partial charge is 0.303 e. The van der Waals surface area contributed by atoms with Crippen LogP contribution in [-0.2, 0) is 4.79 Å². The van der Waals surface area contributed by atoms with Crippen LogP contribution in [-0.4, -0.2) is 27.5 Å². The number of anilines is 1. The van der Waals surface area contributed by atoms with E-state index in [2.05, 4.69) is 10.3 Å². The molecule has 2 rings (SSSR count). The number of carbonyl (C=O) groups is 1. The van der Waals surface area contributed by atoms with Crippen molar-refractivity contribution < 1.29 is 14.8 Å². The molecule has 0 spiro atoms. The highest BCUT2D eigenvalue weighted by molar-refractivity contribution is 7.18. The van der Waals surface area contributed by atoms with Gasteiger partial charge in [0.25, 0.3) is 5.69 Å². The molecule has 0 aliphatic heterocycles. The number of nitro groups is 1. The molecule has 0 aliphatic rings. The Bertz CT molecular complexity index is 698. The average Bonchev–Trinajstić information content (AvgIpc) is 2.73. The van der Waals surface area contributed by atoms with E-state index in [1.165, 1.54) is 17.4 Å². The topological polar surface area (TPSA) is 105 Å². The van der Waals surface area contributed by atoms with Gasteiger partial charge in [-0.05, 0) is 18.9 Å². The lowest BCUT2D eigenvalue weighted by Crippen LogP contribution is -2.15. The number of aliphatic carboxylic acids is 1. The van der Waals surface area contributed by atoms with Crippen LogP contribution in [0.2, 0.25) is 0 Å². The minimum absolute atomic E-state index is 0.0127. The molecule has 8 heteroatoms. The molecule has 0 saturated heterocycles. The number of carboxylic acid groups (broad SMARTS) is 1. The quantitative estimate of drug-likeness (QED) is 0.627. The van der Waals surface area contributed by atoms with Crippen molar-refractivity contribution in [1.29, 1.82) is 0 Å². The first-order chi connectivity index (χ1) is 9.86. The van der Waals surface area contributed by atoms with Gasteiger partial charge in [-0.25, -0.2) is 4.98 Å². The lowest BCUT2D eigenvalue weighted by atomic mass is 10.1. The van der Waals surface area contributed by atoms with Crippen LogP contribution in [0.5, 0.6) is 0 Å². The minimum atomic E-state index is -0.885. The maximum Gasteiger partial charge on any atom is 0.303 e. The van der Waals surface area contributed by atoms with E-state index in [1.807, 2.05) is 6.92 Å². The summed E-state index contributed by atoms with van der Waals surface area (Å²) in [5.74, 6) is -1.01. The normalized spacial score (nSPS) is 12.3. The summed E-state index contributed by atoms with van der Waals surface area (Å²) in [4.78, 5) is 25.6. The third-order valence-electron chi connectivity index (χ3n) is 2.97. The standard InChI is InChI=1S/C13H15N3O4S/c1-7(3-13(17)18)6-14-9-4-10-12(21-8(2)15-10)5-11(9)16(19)20/h4-5,7,14H,3,6H2,1-2H3,(H,17,18). The number of thiazole rings is 1. The Morgan fingerprint density at radius 3 is 2.90 bits per heavy atom. The number of benzene rings is 1. The van der Waals surface area contributed by atoms with Crippen molar-refractivity contribution in [1.82, 2.24) is 4.98 Å². The van der Waals surface area contributed by atoms with Gasteiger partial charge in [-0.2, -0.15) is 0 Å². The molecule has 0 amide bonds. The summed E-state index contributed by atoms with van der Waals surface area (Å²) < 4.78 is 0.767. The molecule has 0 fully saturated rings. The highest BCUT2D eigenvalue weighted by Gasteiger charge is 2.18. The van der Waals surface area contributed by atoms with E-state index >= 15 is 0 Å². The summed E-state index contributed by atoms with van der Waals surface area (Å²) in [5.41, 5.74) is 1.06. The van der Waals surface area contributed by atoms with Crippen molar-refractivity contribution in [2.75, 3.05) is 11.9 Å². The highest BCUT2D eigenvalue weighted by atomic mass is 32.1. The summed E-state index contributed by atoms with van der Waals surface area (Å²) in [6.45, 7) is 3.97. The maximum absolute atomic E-state index is 11.2. The van der Waals surface area contributed by atoms with Gasteiger partial charge < -0.3 is 10.4 Å². The molecule has 0 bridgehead atoms. The Morgan fingerprint density at radius 1 is 1.57 bits per heavy atom. The number of nitrogens with zero attached hydrogens (tertiary/aromatic N) is 2. The molecule has 1 aromatic heterocycles. The van der Waals surface area contributed by atoms with Gasteiger partial charge in [-0.1, -0.05) is 6.92 Å². The van der Waals surface area contributed by atoms with Crippen LogP contribution in [0.3, 0.4) is 0 Å². The molecule has 2 N–H and O–H groups in total. The summed E-state index contributed by atoms with van der Waals surface area (Å²) in [7, 11) is 0. The lowest BCUT2D eigenvalue weighted by Gasteiger charge is -2.11. The van der Waals surface area contributed by atoms with E-state index in [0.717, 1.165) is 9.71 Å². The van der Waals surface area contributed by atoms with Gasteiger partial charge in [0.2, 0.25) is 0 Å². The average molecular weight is 309 g/mol. The predicted molar refractivity (Wildman–Crippen MR) is 80.9 cm³/mol. The first kappa shape index (κ1) is 15.2. The highest BCUT2D eigenvalue weighted by Crippen LogP contribution is 2.33. The Hall–Kier alpha value is -2.22. The van der Waals surface area contributed by atoms with Crippen LogP contribution >= 0.6 is 11.3 Å². The van der Waals surface area contributed by atoms with Crippen LogP contribution in [0.15, 0.2) is 12.1 Å². The number of hydrogen-bond donors (Lipinski definition) is 2. The fraction of sp³-hybridized carbons (Fsp3) is 0.385. The lowest BCUT2D eigenvalue weighted by molar-refractivity contribution is -0.383. The van der Waals surface area contributed by atoms with Gasteiger partial charge in [0.1, 0.15) is 5.69 Å². The van der Waals surface area contributed by atoms with E-state index < -0.39 is 10.9 Å². The van der Waals surface area contributed by atoms with Crippen LogP contribution < -0.4 is 5.32 Å². The minimum Gasteiger partial charge on any atom is -0.481 e. The van der Waals surface area contributed by atoms with Gasteiger partial charge in [0, 0.05) is 19.0 Å². The molecule has 2 aromatic rings. The molecule has 0 aliphatic carbocycles. The van der Waals surface area contributed by atoms with Crippen molar-refractivity contribution >= 4 is 38.9 Å². The molecule has 1 unspecified atom stereocenters. The fourth-order valence-corrected chi connectivity index (χ4v) is 2.87. The second-order valence-corrected chi connectivity index (χ2v) is 6.15. The van der Waals surface area contributed by atoms with Crippen molar-refractivity contribution in [3.05, 3.63) is 27.3 Å². The van der Waals surface area contributed by atoms with Crippen molar-refractivity contribution in [3.63, 3.8) is 0 Å². The molecule has 0 saturated carbocycles. The first-order valence-corrected chi connectivity index (χ1v) is 7.19. The Labute approximate surface area is 124 Å². The molecule has 21 heavy (non-hydrogen) atoms. The maximum atomic E-state index is 11.2. The molecular formula is C13H15N3O4S. The second kappa shape index (κ2) is 6.04. The second-order valence-electron chi connectivity index (χ2n) is 4.91. The van der Waals surface area contributed by atoms with Gasteiger partial charge >= 0.3 is 5.97 Å². The van der Waals surface area contributed by atoms with Gasteiger partial charge in [0.05, 0.1) is 20.1 Å². The van der Waals surface area contributed by atoms with Crippen LogP contribution in [0.1, 0.15) is 18.4 Å². The molecule has 7 nitrogen and oxygen atoms in total. The molecule has 0 radical (unpaired) electrons. The Balaban J connectivity index is 2.26. The zero-order valence-electron chi connectivity index (χ0n) is 11.6. The number of hydrogen-bond acceptors (Lipinski definition) is 6. The zero-order chi connectivity index (χ0) is 15.6. The van der Waals surface area contributed by atoms with E-state index in [1.54, 1.807) is 13.0 Å². The summed E-state index contributed by atoms with van der Waals surface area (Å²) in [5, 5.41) is 23.7. The third kappa shape index (κ3) is 3.66. The molecule has 112 valence electrons. The summed E-state index contributed by atoms with van der Waals surface area (Å²) >= 11 is 1.40. The number of aryl methyl sites for hydroxylation is 1. The van der Waals surface area contributed by atoms with E-state index in [-0.39, 0.29) is 18.0 Å². The van der Waals surface area contributed by atoms with E-state index in [4.69, 9.17) is 5.11 Å². The number of carboxylic acids is 1. The molecule has 1 heterocycles. The van der Waals surface area contributed by atoms with Crippen LogP contribution in [0.4, 0.5) is 11.4 Å². The van der Waals surface area contributed by atoms with Crippen molar-refractivity contribution in [2.24, 2.45) is 5.92 Å². The van der Waals surface area contributed by atoms with E-state index in [0.29, 0.717) is 17.7 Å². The Kier molecular flexibility index (Phi) is 4.37. The summed E-state index contributed by atoms with van der Waals surface area (Å²) in [6, 6.07) is 3.15. The molecular weight excluding hydrogens is 294 g/mol. The monoisotopic (exact) mass is 309 g/mol.